The third-order valence-electron chi connectivity index (χ3n) is 3.70. The van der Waals surface area contributed by atoms with Gasteiger partial charge in [-0.3, -0.25) is 9.36 Å². The number of hydrogen-bond donors (Lipinski definition) is 1. The number of anilines is 1. The fourth-order valence-corrected chi connectivity index (χ4v) is 3.31. The van der Waals surface area contributed by atoms with Crippen molar-refractivity contribution in [2.24, 2.45) is 5.92 Å². The molecule has 29 heavy (non-hydrogen) atoms. The van der Waals surface area contributed by atoms with E-state index in [2.05, 4.69) is 34.1 Å². The maximum atomic E-state index is 12.3. The van der Waals surface area contributed by atoms with E-state index in [4.69, 9.17) is 4.42 Å². The molecule has 0 fully saturated rings. The molecule has 7 nitrogen and oxygen atoms in total. The molecule has 0 radical (unpaired) electrons. The Bertz CT molecular complexity index is 928. The molecule has 0 atom stereocenters. The molecule has 0 saturated carbocycles. The van der Waals surface area contributed by atoms with Crippen LogP contribution in [-0.4, -0.2) is 33.0 Å². The largest absolute Gasteiger partial charge is 0.461 e. The molecule has 3 aromatic rings. The van der Waals surface area contributed by atoms with Crippen LogP contribution < -0.4 is 10.1 Å². The molecule has 0 aliphatic rings. The molecule has 3 rings (SSSR count). The minimum Gasteiger partial charge on any atom is -0.461 e. The first-order valence-electron chi connectivity index (χ1n) is 8.87. The number of alkyl halides is 2. The number of carbonyl (C=O) groups excluding carboxylic acids is 1. The van der Waals surface area contributed by atoms with Crippen LogP contribution in [0.4, 0.5) is 14.5 Å². The van der Waals surface area contributed by atoms with Gasteiger partial charge in [0.15, 0.2) is 16.7 Å². The van der Waals surface area contributed by atoms with Gasteiger partial charge >= 0.3 is 6.61 Å². The molecular weight excluding hydrogens is 402 g/mol. The van der Waals surface area contributed by atoms with E-state index < -0.39 is 6.61 Å². The number of nitrogens with one attached hydrogen (secondary N) is 1. The number of carbonyl (C=O) groups is 1. The van der Waals surface area contributed by atoms with Crippen molar-refractivity contribution in [1.29, 1.82) is 0 Å². The number of aromatic nitrogens is 3. The first-order valence-corrected chi connectivity index (χ1v) is 9.85. The summed E-state index contributed by atoms with van der Waals surface area (Å²) < 4.78 is 36.0. The zero-order chi connectivity index (χ0) is 20.8. The number of thioether (sulfide) groups is 1. The van der Waals surface area contributed by atoms with Crippen molar-refractivity contribution in [3.8, 4) is 17.3 Å². The number of hydrogen-bond acceptors (Lipinski definition) is 6. The molecular formula is C19H20F2N4O3S. The summed E-state index contributed by atoms with van der Waals surface area (Å²) in [6.07, 6.45) is 1.57. The zero-order valence-corrected chi connectivity index (χ0v) is 16.7. The third kappa shape index (κ3) is 5.80. The van der Waals surface area contributed by atoms with Crippen LogP contribution in [0.3, 0.4) is 0 Å². The Labute approximate surface area is 170 Å². The van der Waals surface area contributed by atoms with Crippen molar-refractivity contribution in [2.45, 2.75) is 32.2 Å². The highest BCUT2D eigenvalue weighted by Crippen LogP contribution is 2.26. The van der Waals surface area contributed by atoms with Crippen molar-refractivity contribution in [3.63, 3.8) is 0 Å². The van der Waals surface area contributed by atoms with Gasteiger partial charge in [0.1, 0.15) is 5.75 Å². The van der Waals surface area contributed by atoms with Crippen LogP contribution in [0.25, 0.3) is 11.6 Å². The van der Waals surface area contributed by atoms with Gasteiger partial charge in [0.2, 0.25) is 5.91 Å². The molecule has 2 heterocycles. The van der Waals surface area contributed by atoms with Gasteiger partial charge < -0.3 is 14.5 Å². The lowest BCUT2D eigenvalue weighted by molar-refractivity contribution is -0.113. The topological polar surface area (TPSA) is 82.2 Å². The predicted octanol–water partition coefficient (Wildman–Crippen LogP) is 4.53. The van der Waals surface area contributed by atoms with E-state index in [0.717, 1.165) is 0 Å². The molecule has 0 saturated heterocycles. The lowest BCUT2D eigenvalue weighted by Gasteiger charge is -2.11. The van der Waals surface area contributed by atoms with E-state index in [1.165, 1.54) is 36.0 Å². The van der Waals surface area contributed by atoms with E-state index in [1.807, 2.05) is 10.6 Å². The Balaban J connectivity index is 1.62. The van der Waals surface area contributed by atoms with Crippen LogP contribution in [-0.2, 0) is 11.3 Å². The molecule has 154 valence electrons. The van der Waals surface area contributed by atoms with Gasteiger partial charge in [0.25, 0.3) is 0 Å². The van der Waals surface area contributed by atoms with E-state index in [0.29, 0.717) is 34.9 Å². The highest BCUT2D eigenvalue weighted by atomic mass is 32.2. The summed E-state index contributed by atoms with van der Waals surface area (Å²) in [7, 11) is 0. The van der Waals surface area contributed by atoms with Gasteiger partial charge in [-0.2, -0.15) is 8.78 Å². The maximum absolute atomic E-state index is 12.3. The summed E-state index contributed by atoms with van der Waals surface area (Å²) in [5, 5.41) is 11.7. The fourth-order valence-electron chi connectivity index (χ4n) is 2.56. The van der Waals surface area contributed by atoms with Gasteiger partial charge in [-0.15, -0.1) is 10.2 Å². The summed E-state index contributed by atoms with van der Waals surface area (Å²) in [4.78, 5) is 12.3. The maximum Gasteiger partial charge on any atom is 0.387 e. The number of amides is 1. The molecule has 2 aromatic heterocycles. The molecule has 0 aliphatic heterocycles. The highest BCUT2D eigenvalue weighted by molar-refractivity contribution is 7.99. The number of halogens is 2. The zero-order valence-electron chi connectivity index (χ0n) is 15.8. The first kappa shape index (κ1) is 20.8. The normalized spacial score (nSPS) is 11.2. The van der Waals surface area contributed by atoms with Gasteiger partial charge in [-0.25, -0.2) is 0 Å². The number of furan rings is 1. The smallest absolute Gasteiger partial charge is 0.387 e. The van der Waals surface area contributed by atoms with Gasteiger partial charge in [0, 0.05) is 12.2 Å². The second-order valence-electron chi connectivity index (χ2n) is 6.53. The number of nitrogens with zero attached hydrogens (tertiary/aromatic N) is 3. The second kappa shape index (κ2) is 9.55. The van der Waals surface area contributed by atoms with E-state index in [9.17, 15) is 13.6 Å². The van der Waals surface area contributed by atoms with Crippen molar-refractivity contribution in [2.75, 3.05) is 11.1 Å². The Morgan fingerprint density at radius 1 is 1.24 bits per heavy atom. The van der Waals surface area contributed by atoms with Crippen LogP contribution in [0.1, 0.15) is 13.8 Å². The van der Waals surface area contributed by atoms with E-state index >= 15 is 0 Å². The first-order chi connectivity index (χ1) is 13.9. The summed E-state index contributed by atoms with van der Waals surface area (Å²) in [5.41, 5.74) is 0.483. The minimum absolute atomic E-state index is 0.0274. The Morgan fingerprint density at radius 2 is 2.00 bits per heavy atom. The molecule has 1 aromatic carbocycles. The Kier molecular flexibility index (Phi) is 6.86. The molecule has 0 aliphatic carbocycles. The number of ether oxygens (including phenoxy) is 1. The summed E-state index contributed by atoms with van der Waals surface area (Å²) >= 11 is 1.26. The Morgan fingerprint density at radius 3 is 2.62 bits per heavy atom. The second-order valence-corrected chi connectivity index (χ2v) is 7.47. The average Bonchev–Trinajstić information content (AvgIpc) is 3.31. The lowest BCUT2D eigenvalue weighted by atomic mass is 10.2. The average molecular weight is 422 g/mol. The molecule has 0 spiro atoms. The highest BCUT2D eigenvalue weighted by Gasteiger charge is 2.18. The van der Waals surface area contributed by atoms with Gasteiger partial charge in [-0.05, 0) is 42.3 Å². The molecule has 0 unspecified atom stereocenters. The number of rotatable bonds is 9. The summed E-state index contributed by atoms with van der Waals surface area (Å²) in [6, 6.07) is 9.31. The van der Waals surface area contributed by atoms with Crippen molar-refractivity contribution >= 4 is 23.4 Å². The minimum atomic E-state index is -2.89. The van der Waals surface area contributed by atoms with Crippen LogP contribution in [0, 0.1) is 5.92 Å². The summed E-state index contributed by atoms with van der Waals surface area (Å²) in [6.45, 7) is 1.95. The monoisotopic (exact) mass is 422 g/mol. The van der Waals surface area contributed by atoms with Gasteiger partial charge in [-0.1, -0.05) is 25.6 Å². The van der Waals surface area contributed by atoms with Crippen LogP contribution in [0.2, 0.25) is 0 Å². The molecule has 10 heteroatoms. The van der Waals surface area contributed by atoms with Gasteiger partial charge in [0.05, 0.1) is 12.0 Å². The Hall–Kier alpha value is -2.88. The van der Waals surface area contributed by atoms with E-state index in [1.54, 1.807) is 12.3 Å². The van der Waals surface area contributed by atoms with Crippen molar-refractivity contribution in [3.05, 3.63) is 42.7 Å². The fraction of sp³-hybridized carbons (Fsp3) is 0.316. The lowest BCUT2D eigenvalue weighted by Crippen LogP contribution is -2.15. The molecule has 1 amide bonds. The molecule has 1 N–H and O–H groups in total. The van der Waals surface area contributed by atoms with E-state index in [-0.39, 0.29) is 17.4 Å². The van der Waals surface area contributed by atoms with Crippen LogP contribution in [0.15, 0.2) is 52.2 Å². The van der Waals surface area contributed by atoms with Crippen LogP contribution in [0.5, 0.6) is 5.75 Å². The van der Waals surface area contributed by atoms with Crippen molar-refractivity contribution < 1.29 is 22.7 Å². The van der Waals surface area contributed by atoms with Crippen LogP contribution >= 0.6 is 11.8 Å². The third-order valence-corrected chi connectivity index (χ3v) is 4.67. The number of benzene rings is 1. The van der Waals surface area contributed by atoms with Crippen molar-refractivity contribution in [1.82, 2.24) is 14.8 Å². The summed E-state index contributed by atoms with van der Waals surface area (Å²) in [5.74, 6) is 1.46. The standard InChI is InChI=1S/C19H20F2N4O3S/c1-12(2)10-25-17(15-4-3-9-27-15)23-24-19(25)29-11-16(26)22-13-5-7-14(8-6-13)28-18(20)21/h3-9,12,18H,10-11H2,1-2H3,(H,22,26). The molecule has 0 bridgehead atoms. The predicted molar refractivity (Wildman–Crippen MR) is 105 cm³/mol. The SMILES string of the molecule is CC(C)Cn1c(SCC(=O)Nc2ccc(OC(F)F)cc2)nnc1-c1ccco1. The quantitative estimate of drug-likeness (QED) is 0.511.